The third kappa shape index (κ3) is 5.48. The highest BCUT2D eigenvalue weighted by atomic mass is 16.5. The highest BCUT2D eigenvalue weighted by Gasteiger charge is 2.16. The Morgan fingerprint density at radius 3 is 2.49 bits per heavy atom. The maximum atomic E-state index is 12.9. The first-order chi connectivity index (χ1) is 17.0. The van der Waals surface area contributed by atoms with E-state index < -0.39 is 5.91 Å². The molecule has 0 saturated carbocycles. The number of nitriles is 1. The van der Waals surface area contributed by atoms with Gasteiger partial charge in [-0.2, -0.15) is 10.4 Å². The monoisotopic (exact) mass is 462 g/mol. The van der Waals surface area contributed by atoms with Crippen LogP contribution in [0.4, 0.5) is 5.69 Å². The average molecular weight is 463 g/mol. The van der Waals surface area contributed by atoms with Crippen molar-refractivity contribution in [3.05, 3.63) is 101 Å². The standard InChI is InChI=1S/C29H26N4O2/c1-4-35-27-15-12-22(16-21(27)3)28-24(19-33(32-28)26-8-6-5-7-9-26)17-23(18-30)29(34)31-25-13-10-20(2)11-14-25/h5-17,19H,4H2,1-3H3,(H,31,34)/b23-17-. The van der Waals surface area contributed by atoms with E-state index in [9.17, 15) is 10.1 Å². The molecule has 174 valence electrons. The lowest BCUT2D eigenvalue weighted by molar-refractivity contribution is -0.112. The first kappa shape index (κ1) is 23.5. The SMILES string of the molecule is CCOc1ccc(-c2nn(-c3ccccc3)cc2/C=C(/C#N)C(=O)Nc2ccc(C)cc2)cc1C. The minimum absolute atomic E-state index is 0.0119. The highest BCUT2D eigenvalue weighted by molar-refractivity contribution is 6.10. The maximum absolute atomic E-state index is 12.9. The third-order valence-corrected chi connectivity index (χ3v) is 5.49. The molecule has 6 heteroatoms. The Kier molecular flexibility index (Phi) is 7.08. The van der Waals surface area contributed by atoms with E-state index in [1.54, 1.807) is 10.8 Å². The van der Waals surface area contributed by atoms with Crippen LogP contribution in [-0.2, 0) is 4.79 Å². The summed E-state index contributed by atoms with van der Waals surface area (Å²) in [6.07, 6.45) is 3.41. The van der Waals surface area contributed by atoms with Crippen molar-refractivity contribution in [3.63, 3.8) is 0 Å². The van der Waals surface area contributed by atoms with Gasteiger partial charge in [0.2, 0.25) is 0 Å². The van der Waals surface area contributed by atoms with Gasteiger partial charge in [-0.05, 0) is 74.9 Å². The summed E-state index contributed by atoms with van der Waals surface area (Å²) in [7, 11) is 0. The average Bonchev–Trinajstić information content (AvgIpc) is 3.29. The number of nitrogens with one attached hydrogen (secondary N) is 1. The van der Waals surface area contributed by atoms with Crippen LogP contribution in [0.15, 0.2) is 84.6 Å². The van der Waals surface area contributed by atoms with Crippen LogP contribution in [0, 0.1) is 25.2 Å². The molecule has 0 aliphatic carbocycles. The summed E-state index contributed by atoms with van der Waals surface area (Å²) in [4.78, 5) is 12.9. The summed E-state index contributed by atoms with van der Waals surface area (Å²) in [6.45, 7) is 6.48. The molecular formula is C29H26N4O2. The summed E-state index contributed by atoms with van der Waals surface area (Å²) in [5, 5.41) is 17.4. The predicted molar refractivity (Wildman–Crippen MR) is 138 cm³/mol. The van der Waals surface area contributed by atoms with Crippen LogP contribution < -0.4 is 10.1 Å². The molecule has 0 radical (unpaired) electrons. The molecule has 0 atom stereocenters. The van der Waals surface area contributed by atoms with Crippen LogP contribution in [0.2, 0.25) is 0 Å². The molecule has 1 N–H and O–H groups in total. The van der Waals surface area contributed by atoms with Gasteiger partial charge in [0.1, 0.15) is 23.1 Å². The second-order valence-electron chi connectivity index (χ2n) is 8.12. The van der Waals surface area contributed by atoms with Gasteiger partial charge in [-0.15, -0.1) is 0 Å². The van der Waals surface area contributed by atoms with Crippen molar-refractivity contribution in [2.45, 2.75) is 20.8 Å². The number of benzene rings is 3. The van der Waals surface area contributed by atoms with Crippen molar-refractivity contribution in [1.82, 2.24) is 9.78 Å². The van der Waals surface area contributed by atoms with E-state index in [0.717, 1.165) is 28.1 Å². The molecule has 35 heavy (non-hydrogen) atoms. The fourth-order valence-electron chi connectivity index (χ4n) is 3.68. The Hall–Kier alpha value is -4.63. The van der Waals surface area contributed by atoms with Crippen LogP contribution in [0.1, 0.15) is 23.6 Å². The molecule has 0 unspecified atom stereocenters. The molecule has 0 spiro atoms. The number of para-hydroxylation sites is 1. The lowest BCUT2D eigenvalue weighted by Crippen LogP contribution is -2.13. The zero-order valence-electron chi connectivity index (χ0n) is 19.9. The molecule has 3 aromatic carbocycles. The summed E-state index contributed by atoms with van der Waals surface area (Å²) >= 11 is 0. The molecule has 0 bridgehead atoms. The Labute approximate surface area is 205 Å². The maximum Gasteiger partial charge on any atom is 0.266 e. The Bertz CT molecular complexity index is 1410. The van der Waals surface area contributed by atoms with Crippen LogP contribution in [-0.4, -0.2) is 22.3 Å². The topological polar surface area (TPSA) is 79.9 Å². The van der Waals surface area contributed by atoms with E-state index in [4.69, 9.17) is 9.84 Å². The predicted octanol–water partition coefficient (Wildman–Crippen LogP) is 6.10. The molecule has 0 aliphatic rings. The molecule has 0 fully saturated rings. The zero-order chi connectivity index (χ0) is 24.8. The fraction of sp³-hybridized carbons (Fsp3) is 0.138. The largest absolute Gasteiger partial charge is 0.494 e. The van der Waals surface area contributed by atoms with Crippen molar-refractivity contribution < 1.29 is 9.53 Å². The first-order valence-electron chi connectivity index (χ1n) is 11.4. The number of carbonyl (C=O) groups excluding carboxylic acids is 1. The van der Waals surface area contributed by atoms with E-state index in [0.29, 0.717) is 23.6 Å². The number of carbonyl (C=O) groups is 1. The van der Waals surface area contributed by atoms with E-state index in [1.165, 1.54) is 0 Å². The normalized spacial score (nSPS) is 11.1. The summed E-state index contributed by atoms with van der Waals surface area (Å²) < 4.78 is 7.43. The molecule has 6 nitrogen and oxygen atoms in total. The number of amides is 1. The van der Waals surface area contributed by atoms with Crippen LogP contribution in [0.3, 0.4) is 0 Å². The summed E-state index contributed by atoms with van der Waals surface area (Å²) in [6, 6.07) is 25.0. The van der Waals surface area contributed by atoms with Gasteiger partial charge in [0.05, 0.1) is 12.3 Å². The van der Waals surface area contributed by atoms with Crippen LogP contribution in [0.25, 0.3) is 23.0 Å². The second kappa shape index (κ2) is 10.5. The van der Waals surface area contributed by atoms with Gasteiger partial charge in [0, 0.05) is 23.0 Å². The van der Waals surface area contributed by atoms with E-state index in [2.05, 4.69) is 5.32 Å². The van der Waals surface area contributed by atoms with Crippen LogP contribution in [0.5, 0.6) is 5.75 Å². The highest BCUT2D eigenvalue weighted by Crippen LogP contribution is 2.30. The quantitative estimate of drug-likeness (QED) is 0.266. The lowest BCUT2D eigenvalue weighted by atomic mass is 10.0. The Morgan fingerprint density at radius 1 is 1.09 bits per heavy atom. The van der Waals surface area contributed by atoms with Crippen molar-refractivity contribution in [2.75, 3.05) is 11.9 Å². The molecule has 1 heterocycles. The van der Waals surface area contributed by atoms with E-state index in [1.807, 2.05) is 106 Å². The van der Waals surface area contributed by atoms with Crippen LogP contribution >= 0.6 is 0 Å². The van der Waals surface area contributed by atoms with Gasteiger partial charge in [0.25, 0.3) is 5.91 Å². The number of rotatable bonds is 7. The second-order valence-corrected chi connectivity index (χ2v) is 8.12. The fourth-order valence-corrected chi connectivity index (χ4v) is 3.68. The third-order valence-electron chi connectivity index (χ3n) is 5.49. The van der Waals surface area contributed by atoms with Crippen molar-refractivity contribution >= 4 is 17.7 Å². The number of anilines is 1. The number of nitrogens with zero attached hydrogens (tertiary/aromatic N) is 3. The lowest BCUT2D eigenvalue weighted by Gasteiger charge is -2.09. The Morgan fingerprint density at radius 2 is 1.83 bits per heavy atom. The molecule has 1 aromatic heterocycles. The number of aryl methyl sites for hydroxylation is 2. The number of ether oxygens (including phenoxy) is 1. The van der Waals surface area contributed by atoms with E-state index >= 15 is 0 Å². The number of hydrogen-bond donors (Lipinski definition) is 1. The molecule has 4 aromatic rings. The summed E-state index contributed by atoms with van der Waals surface area (Å²) in [5.41, 5.74) is 5.74. The van der Waals surface area contributed by atoms with Crippen molar-refractivity contribution in [1.29, 1.82) is 5.26 Å². The first-order valence-corrected chi connectivity index (χ1v) is 11.4. The zero-order valence-corrected chi connectivity index (χ0v) is 19.9. The number of hydrogen-bond acceptors (Lipinski definition) is 4. The van der Waals surface area contributed by atoms with Gasteiger partial charge >= 0.3 is 0 Å². The smallest absolute Gasteiger partial charge is 0.266 e. The molecule has 0 aliphatic heterocycles. The van der Waals surface area contributed by atoms with Gasteiger partial charge < -0.3 is 10.1 Å². The molecule has 1 amide bonds. The van der Waals surface area contributed by atoms with Crippen molar-refractivity contribution in [3.8, 4) is 28.8 Å². The minimum atomic E-state index is -0.474. The van der Waals surface area contributed by atoms with E-state index in [-0.39, 0.29) is 5.57 Å². The molecule has 4 rings (SSSR count). The molecular weight excluding hydrogens is 436 g/mol. The van der Waals surface area contributed by atoms with Gasteiger partial charge in [-0.25, -0.2) is 4.68 Å². The van der Waals surface area contributed by atoms with Gasteiger partial charge in [-0.3, -0.25) is 4.79 Å². The molecule has 0 saturated heterocycles. The minimum Gasteiger partial charge on any atom is -0.494 e. The van der Waals surface area contributed by atoms with Gasteiger partial charge in [-0.1, -0.05) is 35.9 Å². The Balaban J connectivity index is 1.76. The summed E-state index contributed by atoms with van der Waals surface area (Å²) in [5.74, 6) is 0.337. The number of aromatic nitrogens is 2. The van der Waals surface area contributed by atoms with Crippen molar-refractivity contribution in [2.24, 2.45) is 0 Å². The van der Waals surface area contributed by atoms with Gasteiger partial charge in [0.15, 0.2) is 0 Å².